The first-order valence-electron chi connectivity index (χ1n) is 3.45. The van der Waals surface area contributed by atoms with Crippen LogP contribution in [-0.4, -0.2) is 16.9 Å². The predicted molar refractivity (Wildman–Crippen MR) is 61.6 cm³/mol. The fraction of sp³-hybridized carbons (Fsp3) is 0. The number of guanidine groups is 1. The number of nitrogens with two attached hydrogens (primary N) is 2. The highest BCUT2D eigenvalue weighted by molar-refractivity contribution is 6.41. The Morgan fingerprint density at radius 1 is 1.40 bits per heavy atom. The summed E-state index contributed by atoms with van der Waals surface area (Å²) in [5.41, 5.74) is 10.2. The third-order valence-electron chi connectivity index (χ3n) is 1.27. The van der Waals surface area contributed by atoms with E-state index in [2.05, 4.69) is 9.98 Å². The van der Waals surface area contributed by atoms with Gasteiger partial charge in [-0.15, -0.1) is 12.4 Å². The average molecular weight is 270 g/mol. The van der Waals surface area contributed by atoms with Crippen molar-refractivity contribution in [3.8, 4) is 0 Å². The minimum Gasteiger partial charge on any atom is -0.370 e. The topological polar surface area (TPSA) is 94.4 Å². The molecule has 0 aliphatic heterocycles. The van der Waals surface area contributed by atoms with Gasteiger partial charge in [0.2, 0.25) is 0 Å². The van der Waals surface area contributed by atoms with Crippen molar-refractivity contribution >= 4 is 47.5 Å². The molecule has 1 rings (SSSR count). The average Bonchev–Trinajstić information content (AvgIpc) is 2.08. The molecule has 1 aromatic rings. The molecule has 0 aliphatic carbocycles. The summed E-state index contributed by atoms with van der Waals surface area (Å²) < 4.78 is 0. The van der Waals surface area contributed by atoms with Crippen LogP contribution < -0.4 is 11.5 Å². The SMILES string of the molecule is Cl.NC(N)=NC(=O)c1cnc(Cl)c(Cl)c1. The van der Waals surface area contributed by atoms with E-state index in [1.807, 2.05) is 0 Å². The quantitative estimate of drug-likeness (QED) is 0.455. The van der Waals surface area contributed by atoms with Gasteiger partial charge in [0.05, 0.1) is 10.6 Å². The normalized spacial score (nSPS) is 8.93. The number of pyridine rings is 1. The molecular weight excluding hydrogens is 262 g/mol. The van der Waals surface area contributed by atoms with Gasteiger partial charge in [-0.05, 0) is 6.07 Å². The standard InChI is InChI=1S/C7H6Cl2N4O.ClH/c8-4-1-3(2-12-5(4)9)6(14)13-7(10)11;/h1-2H,(H4,10,11,13,14);1H. The maximum absolute atomic E-state index is 11.2. The van der Waals surface area contributed by atoms with Crippen molar-refractivity contribution in [1.82, 2.24) is 4.98 Å². The Bertz CT molecular complexity index is 403. The molecule has 5 nitrogen and oxygen atoms in total. The maximum Gasteiger partial charge on any atom is 0.281 e. The van der Waals surface area contributed by atoms with Crippen molar-refractivity contribution in [1.29, 1.82) is 0 Å². The minimum atomic E-state index is -0.615. The Labute approximate surface area is 102 Å². The largest absolute Gasteiger partial charge is 0.370 e. The summed E-state index contributed by atoms with van der Waals surface area (Å²) in [6, 6.07) is 1.34. The van der Waals surface area contributed by atoms with Gasteiger partial charge in [0.25, 0.3) is 5.91 Å². The Balaban J connectivity index is 0.00000196. The molecule has 0 radical (unpaired) electrons. The van der Waals surface area contributed by atoms with Crippen LogP contribution in [0.15, 0.2) is 17.3 Å². The van der Waals surface area contributed by atoms with Gasteiger partial charge in [-0.25, -0.2) is 4.98 Å². The third kappa shape index (κ3) is 3.91. The molecule has 0 aromatic carbocycles. The smallest absolute Gasteiger partial charge is 0.281 e. The summed E-state index contributed by atoms with van der Waals surface area (Å²) in [4.78, 5) is 18.2. The molecule has 0 saturated carbocycles. The zero-order chi connectivity index (χ0) is 10.7. The van der Waals surface area contributed by atoms with E-state index in [0.717, 1.165) is 0 Å². The van der Waals surface area contributed by atoms with Gasteiger partial charge >= 0.3 is 0 Å². The summed E-state index contributed by atoms with van der Waals surface area (Å²) >= 11 is 11.2. The number of hydrogen-bond acceptors (Lipinski definition) is 2. The van der Waals surface area contributed by atoms with E-state index in [9.17, 15) is 4.79 Å². The molecule has 0 bridgehead atoms. The number of nitrogens with zero attached hydrogens (tertiary/aromatic N) is 2. The van der Waals surface area contributed by atoms with Crippen LogP contribution in [0.5, 0.6) is 0 Å². The van der Waals surface area contributed by atoms with Crippen LogP contribution in [0.1, 0.15) is 10.4 Å². The van der Waals surface area contributed by atoms with E-state index in [4.69, 9.17) is 34.7 Å². The first-order chi connectivity index (χ1) is 6.50. The number of carbonyl (C=O) groups is 1. The maximum atomic E-state index is 11.2. The van der Waals surface area contributed by atoms with Gasteiger partial charge < -0.3 is 11.5 Å². The molecule has 1 aromatic heterocycles. The number of amides is 1. The zero-order valence-corrected chi connectivity index (χ0v) is 9.60. The summed E-state index contributed by atoms with van der Waals surface area (Å²) in [5, 5.41) is 0.288. The van der Waals surface area contributed by atoms with E-state index in [0.29, 0.717) is 0 Å². The van der Waals surface area contributed by atoms with E-state index in [-0.39, 0.29) is 34.1 Å². The van der Waals surface area contributed by atoms with Crippen LogP contribution >= 0.6 is 35.6 Å². The van der Waals surface area contributed by atoms with E-state index in [1.165, 1.54) is 12.3 Å². The van der Waals surface area contributed by atoms with Crippen molar-refractivity contribution in [3.05, 3.63) is 28.0 Å². The second kappa shape index (κ2) is 5.75. The van der Waals surface area contributed by atoms with Gasteiger partial charge in [-0.2, -0.15) is 4.99 Å². The van der Waals surface area contributed by atoms with Crippen LogP contribution in [0.3, 0.4) is 0 Å². The van der Waals surface area contributed by atoms with Crippen molar-refractivity contribution < 1.29 is 4.79 Å². The lowest BCUT2D eigenvalue weighted by atomic mass is 10.3. The number of carbonyl (C=O) groups excluding carboxylic acids is 1. The predicted octanol–water partition coefficient (Wildman–Crippen LogP) is 1.22. The highest BCUT2D eigenvalue weighted by atomic mass is 35.5. The molecule has 8 heteroatoms. The molecular formula is C7H7Cl3N4O. The zero-order valence-electron chi connectivity index (χ0n) is 7.28. The van der Waals surface area contributed by atoms with Crippen LogP contribution in [0.2, 0.25) is 10.2 Å². The van der Waals surface area contributed by atoms with Crippen LogP contribution in [0, 0.1) is 0 Å². The summed E-state index contributed by atoms with van der Waals surface area (Å²) in [6.07, 6.45) is 1.24. The lowest BCUT2D eigenvalue weighted by molar-refractivity contribution is 0.100. The highest BCUT2D eigenvalue weighted by Crippen LogP contribution is 2.19. The first kappa shape index (κ1) is 14.0. The lowest BCUT2D eigenvalue weighted by Gasteiger charge is -1.97. The van der Waals surface area contributed by atoms with Crippen molar-refractivity contribution in [2.75, 3.05) is 0 Å². The van der Waals surface area contributed by atoms with Crippen LogP contribution in [0.4, 0.5) is 0 Å². The number of rotatable bonds is 1. The van der Waals surface area contributed by atoms with Crippen LogP contribution in [-0.2, 0) is 0 Å². The molecule has 0 fully saturated rings. The minimum absolute atomic E-state index is 0. The fourth-order valence-electron chi connectivity index (χ4n) is 0.720. The molecule has 1 heterocycles. The van der Waals surface area contributed by atoms with Crippen LogP contribution in [0.25, 0.3) is 0 Å². The van der Waals surface area contributed by atoms with Crippen molar-refractivity contribution in [2.45, 2.75) is 0 Å². The Kier molecular flexibility index (Phi) is 5.35. The number of aromatic nitrogens is 1. The van der Waals surface area contributed by atoms with E-state index < -0.39 is 5.91 Å². The monoisotopic (exact) mass is 268 g/mol. The van der Waals surface area contributed by atoms with Crippen molar-refractivity contribution in [3.63, 3.8) is 0 Å². The number of hydrogen-bond donors (Lipinski definition) is 2. The molecule has 0 spiro atoms. The molecule has 0 aliphatic rings. The number of aliphatic imine (C=N–C) groups is 1. The summed E-state index contributed by atoms with van der Waals surface area (Å²) in [7, 11) is 0. The third-order valence-corrected chi connectivity index (χ3v) is 1.96. The van der Waals surface area contributed by atoms with Gasteiger partial charge in [0, 0.05) is 6.20 Å². The molecule has 82 valence electrons. The fourth-order valence-corrected chi connectivity index (χ4v) is 0.990. The summed E-state index contributed by atoms with van der Waals surface area (Å²) in [5.74, 6) is -0.933. The van der Waals surface area contributed by atoms with Gasteiger partial charge in [0.1, 0.15) is 5.15 Å². The first-order valence-corrected chi connectivity index (χ1v) is 4.21. The molecule has 1 amide bonds. The molecule has 15 heavy (non-hydrogen) atoms. The lowest BCUT2D eigenvalue weighted by Crippen LogP contribution is -2.24. The van der Waals surface area contributed by atoms with Gasteiger partial charge in [-0.1, -0.05) is 23.2 Å². The number of halogens is 3. The molecule has 0 unspecified atom stereocenters. The second-order valence-corrected chi connectivity index (χ2v) is 3.10. The molecule has 4 N–H and O–H groups in total. The molecule has 0 atom stereocenters. The van der Waals surface area contributed by atoms with E-state index in [1.54, 1.807) is 0 Å². The molecule has 0 saturated heterocycles. The van der Waals surface area contributed by atoms with Gasteiger partial charge in [0.15, 0.2) is 5.96 Å². The highest BCUT2D eigenvalue weighted by Gasteiger charge is 2.07. The van der Waals surface area contributed by atoms with Gasteiger partial charge in [-0.3, -0.25) is 4.79 Å². The van der Waals surface area contributed by atoms with Crippen molar-refractivity contribution in [2.24, 2.45) is 16.5 Å². The Morgan fingerprint density at radius 3 is 2.47 bits per heavy atom. The van der Waals surface area contributed by atoms with E-state index >= 15 is 0 Å². The Morgan fingerprint density at radius 2 is 2.00 bits per heavy atom. The Hall–Kier alpha value is -1.04. The summed E-state index contributed by atoms with van der Waals surface area (Å²) in [6.45, 7) is 0. The second-order valence-electron chi connectivity index (χ2n) is 2.34.